The van der Waals surface area contributed by atoms with E-state index in [1.54, 1.807) is 12.3 Å². The number of primary amides is 1. The minimum absolute atomic E-state index is 0.0494. The minimum Gasteiger partial charge on any atom is -0.371 e. The molecular formula is C32H37N7O2. The van der Waals surface area contributed by atoms with Crippen molar-refractivity contribution in [3.8, 4) is 6.07 Å². The second-order valence-corrected chi connectivity index (χ2v) is 10.9. The third kappa shape index (κ3) is 7.14. The fourth-order valence-corrected chi connectivity index (χ4v) is 5.83. The largest absolute Gasteiger partial charge is 0.371 e. The number of nitrogens with one attached hydrogen (secondary N) is 2. The number of rotatable bonds is 8. The van der Waals surface area contributed by atoms with Crippen LogP contribution < -0.4 is 26.2 Å². The molecule has 3 aromatic rings. The molecule has 0 bridgehead atoms. The van der Waals surface area contributed by atoms with Crippen LogP contribution in [0.1, 0.15) is 49.7 Å². The second-order valence-electron chi connectivity index (χ2n) is 10.9. The number of piperidine rings is 1. The van der Waals surface area contributed by atoms with E-state index >= 15 is 0 Å². The van der Waals surface area contributed by atoms with Crippen LogP contribution in [0.15, 0.2) is 72.9 Å². The summed E-state index contributed by atoms with van der Waals surface area (Å²) in [6.07, 6.45) is 6.63. The first-order chi connectivity index (χ1) is 20.0. The Kier molecular flexibility index (Phi) is 8.99. The summed E-state index contributed by atoms with van der Waals surface area (Å²) in [5.74, 6) is 0.502. The molecule has 3 amide bonds. The molecule has 0 unspecified atom stereocenters. The monoisotopic (exact) mass is 551 g/mol. The molecule has 2 heterocycles. The highest BCUT2D eigenvalue weighted by atomic mass is 16.2. The summed E-state index contributed by atoms with van der Waals surface area (Å²) in [6, 6.07) is 24.1. The van der Waals surface area contributed by atoms with E-state index < -0.39 is 0 Å². The zero-order chi connectivity index (χ0) is 28.6. The second kappa shape index (κ2) is 13.2. The molecule has 41 heavy (non-hydrogen) atoms. The van der Waals surface area contributed by atoms with E-state index in [9.17, 15) is 9.59 Å². The quantitative estimate of drug-likeness (QED) is 0.369. The van der Waals surface area contributed by atoms with Gasteiger partial charge in [-0.05, 0) is 80.5 Å². The van der Waals surface area contributed by atoms with E-state index in [1.165, 1.54) is 0 Å². The van der Waals surface area contributed by atoms with Crippen LogP contribution in [0.3, 0.4) is 0 Å². The summed E-state index contributed by atoms with van der Waals surface area (Å²) in [5, 5.41) is 15.6. The van der Waals surface area contributed by atoms with E-state index in [0.717, 1.165) is 74.4 Å². The van der Waals surface area contributed by atoms with Crippen LogP contribution in [-0.4, -0.2) is 42.1 Å². The SMILES string of the molecule is N#Cc1ccc(NC2CCC(N(C(=O)NCc3ccccc3)c3ccc(N4CCC(C(N)=O)CC4)cc3)CC2)nc1. The third-order valence-electron chi connectivity index (χ3n) is 8.20. The molecule has 4 N–H and O–H groups in total. The summed E-state index contributed by atoms with van der Waals surface area (Å²) >= 11 is 0. The van der Waals surface area contributed by atoms with Crippen LogP contribution in [0, 0.1) is 17.2 Å². The van der Waals surface area contributed by atoms with Gasteiger partial charge < -0.3 is 21.3 Å². The van der Waals surface area contributed by atoms with Crippen molar-refractivity contribution in [2.75, 3.05) is 28.2 Å². The normalized spacial score (nSPS) is 19.1. The number of nitriles is 1. The standard InChI is InChI=1S/C32H37N7O2/c33-20-24-6-15-30(35-22-24)37-26-7-9-28(10-8-26)39(32(41)36-21-23-4-2-1-3-5-23)29-13-11-27(12-14-29)38-18-16-25(17-19-38)31(34)40/h1-6,11-15,22,25-26,28H,7-10,16-19,21H2,(H2,34,40)(H,35,37)(H,36,41). The lowest BCUT2D eigenvalue weighted by Crippen LogP contribution is -2.48. The molecule has 212 valence electrons. The fraction of sp³-hybridized carbons (Fsp3) is 0.375. The molecule has 1 aliphatic carbocycles. The molecule has 2 aromatic carbocycles. The Morgan fingerprint density at radius 2 is 1.66 bits per heavy atom. The first-order valence-electron chi connectivity index (χ1n) is 14.4. The predicted octanol–water partition coefficient (Wildman–Crippen LogP) is 4.79. The van der Waals surface area contributed by atoms with Gasteiger partial charge >= 0.3 is 6.03 Å². The number of urea groups is 1. The molecule has 0 atom stereocenters. The minimum atomic E-state index is -0.213. The van der Waals surface area contributed by atoms with E-state index in [0.29, 0.717) is 12.1 Å². The summed E-state index contributed by atoms with van der Waals surface area (Å²) in [7, 11) is 0. The van der Waals surface area contributed by atoms with Gasteiger partial charge in [0.25, 0.3) is 0 Å². The summed E-state index contributed by atoms with van der Waals surface area (Å²) in [5.41, 5.74) is 9.06. The molecule has 0 radical (unpaired) electrons. The number of nitrogens with zero attached hydrogens (tertiary/aromatic N) is 4. The number of carbonyl (C=O) groups is 2. The molecule has 1 saturated heterocycles. The van der Waals surface area contributed by atoms with Crippen LogP contribution in [0.2, 0.25) is 0 Å². The van der Waals surface area contributed by atoms with E-state index in [2.05, 4.69) is 38.7 Å². The van der Waals surface area contributed by atoms with Crippen LogP contribution in [0.4, 0.5) is 22.0 Å². The van der Waals surface area contributed by atoms with Crippen LogP contribution >= 0.6 is 0 Å². The van der Waals surface area contributed by atoms with Gasteiger partial charge in [-0.2, -0.15) is 5.26 Å². The smallest absolute Gasteiger partial charge is 0.322 e. The van der Waals surface area contributed by atoms with E-state index in [4.69, 9.17) is 11.0 Å². The lowest BCUT2D eigenvalue weighted by atomic mass is 9.89. The maximum Gasteiger partial charge on any atom is 0.322 e. The number of amides is 3. The average molecular weight is 552 g/mol. The fourth-order valence-electron chi connectivity index (χ4n) is 5.83. The lowest BCUT2D eigenvalue weighted by molar-refractivity contribution is -0.122. The maximum absolute atomic E-state index is 13.6. The van der Waals surface area contributed by atoms with Gasteiger partial charge in [-0.3, -0.25) is 9.69 Å². The highest BCUT2D eigenvalue weighted by molar-refractivity contribution is 5.92. The van der Waals surface area contributed by atoms with Crippen molar-refractivity contribution >= 4 is 29.1 Å². The van der Waals surface area contributed by atoms with Crippen molar-refractivity contribution in [2.45, 2.75) is 57.2 Å². The zero-order valence-electron chi connectivity index (χ0n) is 23.2. The first-order valence-corrected chi connectivity index (χ1v) is 14.4. The molecule has 0 spiro atoms. The Morgan fingerprint density at radius 1 is 0.951 bits per heavy atom. The van der Waals surface area contributed by atoms with Gasteiger partial charge in [0.05, 0.1) is 5.56 Å². The van der Waals surface area contributed by atoms with Gasteiger partial charge in [-0.1, -0.05) is 30.3 Å². The number of nitrogens with two attached hydrogens (primary N) is 1. The molecule has 9 nitrogen and oxygen atoms in total. The van der Waals surface area contributed by atoms with Gasteiger partial charge in [0.15, 0.2) is 0 Å². The van der Waals surface area contributed by atoms with Crippen LogP contribution in [-0.2, 0) is 11.3 Å². The molecule has 1 aliphatic heterocycles. The Hall–Kier alpha value is -4.58. The number of aromatic nitrogens is 1. The average Bonchev–Trinajstić information content (AvgIpc) is 3.02. The molecule has 5 rings (SSSR count). The van der Waals surface area contributed by atoms with Gasteiger partial charge in [-0.15, -0.1) is 0 Å². The number of benzene rings is 2. The number of anilines is 3. The van der Waals surface area contributed by atoms with E-state index in [-0.39, 0.29) is 29.9 Å². The van der Waals surface area contributed by atoms with Gasteiger partial charge in [-0.25, -0.2) is 9.78 Å². The van der Waals surface area contributed by atoms with Crippen molar-refractivity contribution < 1.29 is 9.59 Å². The Bertz CT molecular complexity index is 1340. The zero-order valence-corrected chi connectivity index (χ0v) is 23.2. The van der Waals surface area contributed by atoms with Gasteiger partial charge in [0, 0.05) is 55.2 Å². The first kappa shape index (κ1) is 28.0. The molecule has 1 saturated carbocycles. The van der Waals surface area contributed by atoms with Crippen molar-refractivity contribution in [2.24, 2.45) is 11.7 Å². The number of carbonyl (C=O) groups excluding carboxylic acids is 2. The third-order valence-corrected chi connectivity index (χ3v) is 8.20. The maximum atomic E-state index is 13.6. The van der Waals surface area contributed by atoms with E-state index in [1.807, 2.05) is 53.4 Å². The number of hydrogen-bond acceptors (Lipinski definition) is 6. The molecular weight excluding hydrogens is 514 g/mol. The highest BCUT2D eigenvalue weighted by Crippen LogP contribution is 2.31. The molecule has 2 aliphatic rings. The van der Waals surface area contributed by atoms with Crippen LogP contribution in [0.25, 0.3) is 0 Å². The molecule has 2 fully saturated rings. The van der Waals surface area contributed by atoms with Gasteiger partial charge in [0.2, 0.25) is 5.91 Å². The van der Waals surface area contributed by atoms with Crippen molar-refractivity contribution in [1.82, 2.24) is 10.3 Å². The Balaban J connectivity index is 1.26. The van der Waals surface area contributed by atoms with Crippen molar-refractivity contribution in [1.29, 1.82) is 5.26 Å². The lowest BCUT2D eigenvalue weighted by Gasteiger charge is -2.38. The predicted molar refractivity (Wildman–Crippen MR) is 160 cm³/mol. The Morgan fingerprint density at radius 3 is 2.27 bits per heavy atom. The van der Waals surface area contributed by atoms with Crippen molar-refractivity contribution in [3.63, 3.8) is 0 Å². The molecule has 9 heteroatoms. The topological polar surface area (TPSA) is 127 Å². The number of hydrogen-bond donors (Lipinski definition) is 3. The summed E-state index contributed by atoms with van der Waals surface area (Å²) in [4.78, 5) is 33.7. The highest BCUT2D eigenvalue weighted by Gasteiger charge is 2.31. The Labute approximate surface area is 241 Å². The molecule has 1 aromatic heterocycles. The number of pyridine rings is 1. The van der Waals surface area contributed by atoms with Gasteiger partial charge in [0.1, 0.15) is 11.9 Å². The summed E-state index contributed by atoms with van der Waals surface area (Å²) in [6.45, 7) is 2.04. The van der Waals surface area contributed by atoms with Crippen LogP contribution in [0.5, 0.6) is 0 Å². The summed E-state index contributed by atoms with van der Waals surface area (Å²) < 4.78 is 0. The van der Waals surface area contributed by atoms with Crippen molar-refractivity contribution in [3.05, 3.63) is 84.1 Å².